The van der Waals surface area contributed by atoms with Gasteiger partial charge in [-0.15, -0.1) is 0 Å². The van der Waals surface area contributed by atoms with Crippen LogP contribution in [0.15, 0.2) is 36.7 Å². The predicted molar refractivity (Wildman–Crippen MR) is 65.1 cm³/mol. The number of allylic oxidation sites excluding steroid dienone is 1. The molecule has 1 aromatic carbocycles. The van der Waals surface area contributed by atoms with Gasteiger partial charge in [0.25, 0.3) is 0 Å². The van der Waals surface area contributed by atoms with Crippen LogP contribution in [0.3, 0.4) is 0 Å². The van der Waals surface area contributed by atoms with Crippen molar-refractivity contribution in [2.24, 2.45) is 5.73 Å². The number of hydrogen-bond acceptors (Lipinski definition) is 4. The molecule has 1 heterocycles. The standard InChI is InChI=1S/C12H12N4/c1-8(13)6-10(14)12-9-4-2-3-5-11(9)15-7-16-12/h2-7,13H,14H2,1H3/b10-6-,13-8?. The van der Waals surface area contributed by atoms with Gasteiger partial charge in [0.15, 0.2) is 0 Å². The lowest BCUT2D eigenvalue weighted by Gasteiger charge is -2.04. The van der Waals surface area contributed by atoms with Gasteiger partial charge in [-0.3, -0.25) is 0 Å². The number of nitrogens with one attached hydrogen (secondary N) is 1. The van der Waals surface area contributed by atoms with E-state index in [1.165, 1.54) is 6.33 Å². The number of nitrogens with zero attached hydrogens (tertiary/aromatic N) is 2. The van der Waals surface area contributed by atoms with Crippen molar-refractivity contribution < 1.29 is 0 Å². The molecule has 3 N–H and O–H groups in total. The molecular formula is C12H12N4. The summed E-state index contributed by atoms with van der Waals surface area (Å²) in [7, 11) is 0. The van der Waals surface area contributed by atoms with E-state index in [-0.39, 0.29) is 0 Å². The molecule has 16 heavy (non-hydrogen) atoms. The number of nitrogens with two attached hydrogens (primary N) is 1. The summed E-state index contributed by atoms with van der Waals surface area (Å²) in [4.78, 5) is 8.31. The molecular weight excluding hydrogens is 200 g/mol. The van der Waals surface area contributed by atoms with Gasteiger partial charge in [-0.1, -0.05) is 18.2 Å². The summed E-state index contributed by atoms with van der Waals surface area (Å²) >= 11 is 0. The van der Waals surface area contributed by atoms with Crippen molar-refractivity contribution in [1.29, 1.82) is 5.41 Å². The van der Waals surface area contributed by atoms with Crippen molar-refractivity contribution in [3.8, 4) is 0 Å². The van der Waals surface area contributed by atoms with Gasteiger partial charge < -0.3 is 11.1 Å². The van der Waals surface area contributed by atoms with Crippen LogP contribution in [0.2, 0.25) is 0 Å². The van der Waals surface area contributed by atoms with Gasteiger partial charge in [-0.25, -0.2) is 9.97 Å². The second kappa shape index (κ2) is 4.10. The van der Waals surface area contributed by atoms with Crippen LogP contribution in [0.25, 0.3) is 16.6 Å². The molecule has 4 heteroatoms. The van der Waals surface area contributed by atoms with Crippen molar-refractivity contribution in [2.75, 3.05) is 0 Å². The highest BCUT2D eigenvalue weighted by molar-refractivity contribution is 5.99. The minimum Gasteiger partial charge on any atom is -0.397 e. The maximum absolute atomic E-state index is 7.38. The normalized spacial score (nSPS) is 11.7. The van der Waals surface area contributed by atoms with Crippen molar-refractivity contribution in [3.63, 3.8) is 0 Å². The van der Waals surface area contributed by atoms with E-state index in [0.29, 0.717) is 17.1 Å². The van der Waals surface area contributed by atoms with Crippen LogP contribution in [0.1, 0.15) is 12.6 Å². The van der Waals surface area contributed by atoms with Gasteiger partial charge in [0.2, 0.25) is 0 Å². The SMILES string of the molecule is CC(=N)/C=C(\N)c1ncnc2ccccc12. The summed E-state index contributed by atoms with van der Waals surface area (Å²) in [6, 6.07) is 7.66. The number of fused-ring (bicyclic) bond motifs is 1. The fourth-order valence-electron chi connectivity index (χ4n) is 1.54. The molecule has 0 aliphatic rings. The van der Waals surface area contributed by atoms with Crippen molar-refractivity contribution in [1.82, 2.24) is 9.97 Å². The molecule has 0 aliphatic carbocycles. The highest BCUT2D eigenvalue weighted by Gasteiger charge is 2.05. The van der Waals surface area contributed by atoms with E-state index in [4.69, 9.17) is 11.1 Å². The lowest BCUT2D eigenvalue weighted by Crippen LogP contribution is -2.02. The lowest BCUT2D eigenvalue weighted by molar-refractivity contribution is 1.19. The van der Waals surface area contributed by atoms with Gasteiger partial charge in [-0.2, -0.15) is 0 Å². The molecule has 0 aliphatic heterocycles. The average Bonchev–Trinajstić information content (AvgIpc) is 2.27. The van der Waals surface area contributed by atoms with Crippen LogP contribution in [-0.4, -0.2) is 15.7 Å². The summed E-state index contributed by atoms with van der Waals surface area (Å²) in [5, 5.41) is 8.29. The van der Waals surface area contributed by atoms with E-state index in [9.17, 15) is 0 Å². The fraction of sp³-hybridized carbons (Fsp3) is 0.0833. The van der Waals surface area contributed by atoms with Gasteiger partial charge in [-0.05, 0) is 19.1 Å². The van der Waals surface area contributed by atoms with E-state index in [1.54, 1.807) is 13.0 Å². The van der Waals surface area contributed by atoms with Crippen LogP contribution in [0.5, 0.6) is 0 Å². The van der Waals surface area contributed by atoms with Crippen molar-refractivity contribution in [2.45, 2.75) is 6.92 Å². The summed E-state index contributed by atoms with van der Waals surface area (Å²) in [5.74, 6) is 0. The zero-order valence-corrected chi connectivity index (χ0v) is 8.94. The molecule has 80 valence electrons. The molecule has 0 unspecified atom stereocenters. The highest BCUT2D eigenvalue weighted by atomic mass is 14.9. The molecule has 0 saturated heterocycles. The first kappa shape index (κ1) is 10.3. The molecule has 0 saturated carbocycles. The van der Waals surface area contributed by atoms with Crippen LogP contribution >= 0.6 is 0 Å². The first-order valence-corrected chi connectivity index (χ1v) is 4.91. The quantitative estimate of drug-likeness (QED) is 0.747. The van der Waals surface area contributed by atoms with E-state index in [2.05, 4.69) is 9.97 Å². The van der Waals surface area contributed by atoms with Gasteiger partial charge in [0, 0.05) is 11.1 Å². The van der Waals surface area contributed by atoms with Crippen LogP contribution < -0.4 is 5.73 Å². The maximum atomic E-state index is 7.38. The highest BCUT2D eigenvalue weighted by Crippen LogP contribution is 2.18. The number of para-hydroxylation sites is 1. The summed E-state index contributed by atoms with van der Waals surface area (Å²) in [6.45, 7) is 1.68. The van der Waals surface area contributed by atoms with E-state index in [0.717, 1.165) is 10.9 Å². The van der Waals surface area contributed by atoms with Crippen LogP contribution in [0.4, 0.5) is 0 Å². The molecule has 4 nitrogen and oxygen atoms in total. The molecule has 2 aromatic rings. The molecule has 0 bridgehead atoms. The minimum absolute atomic E-state index is 0.403. The third-order valence-electron chi connectivity index (χ3n) is 2.19. The molecule has 0 atom stereocenters. The molecule has 0 radical (unpaired) electrons. The van der Waals surface area contributed by atoms with Crippen molar-refractivity contribution in [3.05, 3.63) is 42.4 Å². The predicted octanol–water partition coefficient (Wildman–Crippen LogP) is 1.97. The van der Waals surface area contributed by atoms with Crippen LogP contribution in [-0.2, 0) is 0 Å². The Hall–Kier alpha value is -2.23. The van der Waals surface area contributed by atoms with E-state index < -0.39 is 0 Å². The fourth-order valence-corrected chi connectivity index (χ4v) is 1.54. The number of benzene rings is 1. The number of aromatic nitrogens is 2. The Balaban J connectivity index is 2.65. The monoisotopic (exact) mass is 212 g/mol. The first-order valence-electron chi connectivity index (χ1n) is 4.91. The molecule has 1 aromatic heterocycles. The van der Waals surface area contributed by atoms with E-state index >= 15 is 0 Å². The average molecular weight is 212 g/mol. The van der Waals surface area contributed by atoms with Crippen LogP contribution in [0, 0.1) is 5.41 Å². The Bertz CT molecular complexity index is 567. The summed E-state index contributed by atoms with van der Waals surface area (Å²) < 4.78 is 0. The Morgan fingerprint density at radius 2 is 2.06 bits per heavy atom. The minimum atomic E-state index is 0.403. The van der Waals surface area contributed by atoms with E-state index in [1.807, 2.05) is 24.3 Å². The molecule has 0 fully saturated rings. The number of hydrogen-bond donors (Lipinski definition) is 2. The Labute approximate surface area is 93.3 Å². The van der Waals surface area contributed by atoms with Gasteiger partial charge in [0.05, 0.1) is 16.9 Å². The molecule has 0 spiro atoms. The number of rotatable bonds is 2. The van der Waals surface area contributed by atoms with Crippen molar-refractivity contribution >= 4 is 22.3 Å². The Morgan fingerprint density at radius 1 is 1.31 bits per heavy atom. The second-order valence-electron chi connectivity index (χ2n) is 3.52. The summed E-state index contributed by atoms with van der Waals surface area (Å²) in [6.07, 6.45) is 3.08. The smallest absolute Gasteiger partial charge is 0.116 e. The van der Waals surface area contributed by atoms with Gasteiger partial charge >= 0.3 is 0 Å². The zero-order valence-electron chi connectivity index (χ0n) is 8.94. The lowest BCUT2D eigenvalue weighted by atomic mass is 10.1. The first-order chi connectivity index (χ1) is 7.68. The summed E-state index contributed by atoms with van der Waals surface area (Å²) in [5.41, 5.74) is 8.32. The third-order valence-corrected chi connectivity index (χ3v) is 2.19. The third kappa shape index (κ3) is 1.91. The maximum Gasteiger partial charge on any atom is 0.116 e. The largest absolute Gasteiger partial charge is 0.397 e. The topological polar surface area (TPSA) is 75.7 Å². The Morgan fingerprint density at radius 3 is 2.81 bits per heavy atom. The Kier molecular flexibility index (Phi) is 2.64. The molecule has 0 amide bonds. The molecule has 2 rings (SSSR count). The second-order valence-corrected chi connectivity index (χ2v) is 3.52. The zero-order chi connectivity index (χ0) is 11.5. The van der Waals surface area contributed by atoms with Gasteiger partial charge in [0.1, 0.15) is 6.33 Å².